The van der Waals surface area contributed by atoms with E-state index in [-0.39, 0.29) is 11.2 Å². The molecule has 1 fully saturated rings. The first-order chi connectivity index (χ1) is 8.23. The highest BCUT2D eigenvalue weighted by atomic mass is 32.1. The van der Waals surface area contributed by atoms with Gasteiger partial charge in [-0.1, -0.05) is 12.1 Å². The molecule has 1 saturated carbocycles. The molecule has 0 bridgehead atoms. The summed E-state index contributed by atoms with van der Waals surface area (Å²) < 4.78 is 13.1. The van der Waals surface area contributed by atoms with Crippen LogP contribution in [0.3, 0.4) is 0 Å². The molecule has 0 N–H and O–H groups in total. The third kappa shape index (κ3) is 1.73. The maximum Gasteiger partial charge on any atom is 0.123 e. The summed E-state index contributed by atoms with van der Waals surface area (Å²) in [7, 11) is 0. The number of halogens is 1. The maximum atomic E-state index is 13.1. The zero-order chi connectivity index (χ0) is 11.9. The molecule has 1 aliphatic carbocycles. The molecule has 0 aliphatic heterocycles. The number of hydrogen-bond donors (Lipinski definition) is 0. The topological polar surface area (TPSA) is 36.7 Å². The van der Waals surface area contributed by atoms with Crippen LogP contribution in [0.4, 0.5) is 4.39 Å². The Bertz CT molecular complexity index is 608. The highest BCUT2D eigenvalue weighted by Gasteiger charge is 2.47. The van der Waals surface area contributed by atoms with E-state index < -0.39 is 0 Å². The van der Waals surface area contributed by atoms with Gasteiger partial charge in [-0.05, 0) is 25.0 Å². The Labute approximate surface area is 102 Å². The summed E-state index contributed by atoms with van der Waals surface area (Å²) >= 11 is 1.49. The molecule has 2 aromatic rings. The van der Waals surface area contributed by atoms with Crippen LogP contribution in [0.1, 0.15) is 17.8 Å². The minimum atomic E-state index is -0.351. The van der Waals surface area contributed by atoms with E-state index in [0.717, 1.165) is 29.1 Å². The Morgan fingerprint density at radius 3 is 2.88 bits per heavy atom. The summed E-state index contributed by atoms with van der Waals surface area (Å²) in [5.41, 5.74) is 1.17. The van der Waals surface area contributed by atoms with E-state index in [9.17, 15) is 4.39 Å². The molecule has 0 unspecified atom stereocenters. The second kappa shape index (κ2) is 3.64. The fourth-order valence-corrected chi connectivity index (χ4v) is 2.81. The molecule has 2 nitrogen and oxygen atoms in total. The van der Waals surface area contributed by atoms with Gasteiger partial charge in [0.05, 0.1) is 11.8 Å². The molecule has 1 aromatic carbocycles. The summed E-state index contributed by atoms with van der Waals surface area (Å²) in [5.74, 6) is -0.265. The molecule has 1 heterocycles. The SMILES string of the molecule is N#CC1(c2nc(-c3cccc(F)c3)cs2)CC1. The molecular weight excluding hydrogens is 235 g/mol. The monoisotopic (exact) mass is 244 g/mol. The van der Waals surface area contributed by atoms with Crippen LogP contribution in [0.5, 0.6) is 0 Å². The van der Waals surface area contributed by atoms with Crippen LogP contribution in [-0.4, -0.2) is 4.98 Å². The van der Waals surface area contributed by atoms with E-state index in [0.29, 0.717) is 0 Å². The number of benzene rings is 1. The first-order valence-electron chi connectivity index (χ1n) is 5.37. The highest BCUT2D eigenvalue weighted by Crippen LogP contribution is 2.49. The zero-order valence-electron chi connectivity index (χ0n) is 8.98. The van der Waals surface area contributed by atoms with Gasteiger partial charge in [0.2, 0.25) is 0 Å². The van der Waals surface area contributed by atoms with Gasteiger partial charge in [-0.2, -0.15) is 5.26 Å². The minimum absolute atomic E-state index is 0.265. The van der Waals surface area contributed by atoms with Gasteiger partial charge < -0.3 is 0 Å². The van der Waals surface area contributed by atoms with Crippen molar-refractivity contribution in [2.75, 3.05) is 0 Å². The van der Waals surface area contributed by atoms with Crippen LogP contribution in [0, 0.1) is 17.1 Å². The lowest BCUT2D eigenvalue weighted by molar-refractivity contribution is 0.628. The molecule has 0 atom stereocenters. The Balaban J connectivity index is 1.99. The summed E-state index contributed by atoms with van der Waals surface area (Å²) in [4.78, 5) is 4.46. The second-order valence-electron chi connectivity index (χ2n) is 4.24. The lowest BCUT2D eigenvalue weighted by atomic mass is 10.1. The van der Waals surface area contributed by atoms with Crippen LogP contribution >= 0.6 is 11.3 Å². The first kappa shape index (κ1) is 10.4. The molecule has 0 radical (unpaired) electrons. The minimum Gasteiger partial charge on any atom is -0.240 e. The second-order valence-corrected chi connectivity index (χ2v) is 5.10. The molecule has 1 aromatic heterocycles. The highest BCUT2D eigenvalue weighted by molar-refractivity contribution is 7.10. The van der Waals surface area contributed by atoms with Crippen LogP contribution in [0.2, 0.25) is 0 Å². The van der Waals surface area contributed by atoms with Crippen LogP contribution in [0.15, 0.2) is 29.6 Å². The van der Waals surface area contributed by atoms with E-state index in [4.69, 9.17) is 5.26 Å². The van der Waals surface area contributed by atoms with Gasteiger partial charge in [-0.15, -0.1) is 11.3 Å². The summed E-state index contributed by atoms with van der Waals surface area (Å²) in [6.07, 6.45) is 1.78. The zero-order valence-corrected chi connectivity index (χ0v) is 9.80. The van der Waals surface area contributed by atoms with E-state index >= 15 is 0 Å². The molecule has 17 heavy (non-hydrogen) atoms. The molecular formula is C13H9FN2S. The fraction of sp³-hybridized carbons (Fsp3) is 0.231. The normalized spacial score (nSPS) is 16.5. The number of nitrogens with zero attached hydrogens (tertiary/aromatic N) is 2. The number of aromatic nitrogens is 1. The molecule has 3 rings (SSSR count). The van der Waals surface area contributed by atoms with Gasteiger partial charge in [0.15, 0.2) is 0 Å². The molecule has 0 saturated heterocycles. The summed E-state index contributed by atoms with van der Waals surface area (Å²) in [6.45, 7) is 0. The Morgan fingerprint density at radius 2 is 2.24 bits per heavy atom. The van der Waals surface area contributed by atoms with Crippen molar-refractivity contribution < 1.29 is 4.39 Å². The average Bonchev–Trinajstić information content (AvgIpc) is 2.99. The van der Waals surface area contributed by atoms with E-state index in [1.54, 1.807) is 6.07 Å². The number of rotatable bonds is 2. The fourth-order valence-electron chi connectivity index (χ4n) is 1.77. The quantitative estimate of drug-likeness (QED) is 0.810. The van der Waals surface area contributed by atoms with Crippen LogP contribution in [-0.2, 0) is 5.41 Å². The Kier molecular flexibility index (Phi) is 2.23. The van der Waals surface area contributed by atoms with Crippen molar-refractivity contribution in [3.05, 3.63) is 40.5 Å². The van der Waals surface area contributed by atoms with Crippen LogP contribution < -0.4 is 0 Å². The molecule has 1 aliphatic rings. The number of nitriles is 1. The molecule has 0 amide bonds. The van der Waals surface area contributed by atoms with Gasteiger partial charge in [0, 0.05) is 10.9 Å². The lowest BCUT2D eigenvalue weighted by Gasteiger charge is -1.99. The predicted molar refractivity (Wildman–Crippen MR) is 64.0 cm³/mol. The maximum absolute atomic E-state index is 13.1. The van der Waals surface area contributed by atoms with Crippen LogP contribution in [0.25, 0.3) is 11.3 Å². The van der Waals surface area contributed by atoms with Crippen molar-refractivity contribution >= 4 is 11.3 Å². The van der Waals surface area contributed by atoms with Crippen molar-refractivity contribution in [2.24, 2.45) is 0 Å². The predicted octanol–water partition coefficient (Wildman–Crippen LogP) is 3.50. The van der Waals surface area contributed by atoms with Crippen molar-refractivity contribution in [1.82, 2.24) is 4.98 Å². The Morgan fingerprint density at radius 1 is 1.41 bits per heavy atom. The first-order valence-corrected chi connectivity index (χ1v) is 6.25. The average molecular weight is 244 g/mol. The lowest BCUT2D eigenvalue weighted by Crippen LogP contribution is -2.01. The standard InChI is InChI=1S/C13H9FN2S/c14-10-3-1-2-9(6-10)11-7-17-12(16-11)13(8-15)4-5-13/h1-3,6-7H,4-5H2. The van der Waals surface area contributed by atoms with Crippen molar-refractivity contribution in [3.63, 3.8) is 0 Å². The molecule has 4 heteroatoms. The van der Waals surface area contributed by atoms with Gasteiger partial charge in [-0.25, -0.2) is 9.37 Å². The van der Waals surface area contributed by atoms with Gasteiger partial charge in [0.25, 0.3) is 0 Å². The Hall–Kier alpha value is -1.73. The van der Waals surface area contributed by atoms with Gasteiger partial charge in [0.1, 0.15) is 16.2 Å². The van der Waals surface area contributed by atoms with Crippen molar-refractivity contribution in [1.29, 1.82) is 5.26 Å². The van der Waals surface area contributed by atoms with Gasteiger partial charge >= 0.3 is 0 Å². The third-order valence-corrected chi connectivity index (χ3v) is 4.04. The number of hydrogen-bond acceptors (Lipinski definition) is 3. The van der Waals surface area contributed by atoms with Crippen molar-refractivity contribution in [3.8, 4) is 17.3 Å². The van der Waals surface area contributed by atoms with Crippen molar-refractivity contribution in [2.45, 2.75) is 18.3 Å². The summed E-state index contributed by atoms with van der Waals surface area (Å²) in [5, 5.41) is 11.8. The van der Waals surface area contributed by atoms with E-state index in [1.165, 1.54) is 23.5 Å². The van der Waals surface area contributed by atoms with Gasteiger partial charge in [-0.3, -0.25) is 0 Å². The summed E-state index contributed by atoms with van der Waals surface area (Å²) in [6, 6.07) is 8.69. The smallest absolute Gasteiger partial charge is 0.123 e. The van der Waals surface area contributed by atoms with E-state index in [2.05, 4.69) is 11.1 Å². The van der Waals surface area contributed by atoms with E-state index in [1.807, 2.05) is 11.4 Å². The molecule has 84 valence electrons. The largest absolute Gasteiger partial charge is 0.240 e. The number of thiazole rings is 1. The molecule has 0 spiro atoms. The third-order valence-electron chi connectivity index (χ3n) is 3.00.